The average molecular weight is 978 g/mol. The van der Waals surface area contributed by atoms with Gasteiger partial charge in [-0.05, 0) is 19.3 Å². The lowest BCUT2D eigenvalue weighted by molar-refractivity contribution is -0.291. The maximum Gasteiger partial charge on any atom is 0.490 e. The lowest BCUT2D eigenvalue weighted by Gasteiger charge is -2.46. The minimum absolute atomic E-state index is 0.0381. The van der Waals surface area contributed by atoms with Crippen molar-refractivity contribution in [2.24, 2.45) is 22.9 Å². The van der Waals surface area contributed by atoms with Gasteiger partial charge in [-0.25, -0.2) is 19.2 Å². The Morgan fingerprint density at radius 3 is 1.38 bits per heavy atom. The largest absolute Gasteiger partial charge is 0.490 e. The van der Waals surface area contributed by atoms with Crippen LogP contribution in [0.3, 0.4) is 0 Å². The quantitative estimate of drug-likeness (QED) is 0.0732. The van der Waals surface area contributed by atoms with Gasteiger partial charge in [-0.15, -0.1) is 0 Å². The first-order valence-electron chi connectivity index (χ1n) is 17.5. The molecule has 64 heavy (non-hydrogen) atoms. The van der Waals surface area contributed by atoms with E-state index in [1.807, 2.05) is 0 Å². The van der Waals surface area contributed by atoms with Gasteiger partial charge in [0.25, 0.3) is 0 Å². The Morgan fingerprint density at radius 2 is 1.00 bits per heavy atom. The molecule has 10 atom stereocenters. The van der Waals surface area contributed by atoms with Gasteiger partial charge in [0, 0.05) is 38.2 Å². The molecule has 1 aliphatic heterocycles. The average Bonchev–Trinajstić information content (AvgIpc) is 3.14. The number of hydrogen-bond donors (Lipinski definition) is 13. The number of carboxylic acids is 5. The number of unbranched alkanes of at least 4 members (excludes halogenated alkanes) is 3. The number of aliphatic hydroxyl groups is 3. The van der Waals surface area contributed by atoms with Gasteiger partial charge >= 0.3 is 54.6 Å². The van der Waals surface area contributed by atoms with Gasteiger partial charge < -0.3 is 83.3 Å². The summed E-state index contributed by atoms with van der Waals surface area (Å²) in [7, 11) is 0. The number of carboxylic acid groups (broad SMARTS) is 5. The molecule has 0 spiro atoms. The van der Waals surface area contributed by atoms with E-state index < -0.39 is 116 Å². The number of hydrogen-bond acceptors (Lipinski definition) is 16. The van der Waals surface area contributed by atoms with Crippen molar-refractivity contribution < 1.29 is 137 Å². The van der Waals surface area contributed by atoms with Crippen LogP contribution in [0.15, 0.2) is 0 Å². The highest BCUT2D eigenvalue weighted by Crippen LogP contribution is 2.29. The van der Waals surface area contributed by atoms with Gasteiger partial charge in [0.15, 0.2) is 6.29 Å². The molecule has 0 unspecified atom stereocenters. The zero-order valence-electron chi connectivity index (χ0n) is 32.4. The minimum Gasteiger partial charge on any atom is -0.481 e. The maximum atomic E-state index is 11.5. The van der Waals surface area contributed by atoms with Crippen LogP contribution in [0, 0.1) is 0 Å². The van der Waals surface area contributed by atoms with E-state index >= 15 is 0 Å². The zero-order chi connectivity index (χ0) is 51.1. The summed E-state index contributed by atoms with van der Waals surface area (Å²) in [5, 5.41) is 70.7. The molecule has 2 rings (SSSR count). The number of rotatable bonds is 14. The second kappa shape index (κ2) is 29.2. The number of alkyl halides is 12. The fourth-order valence-corrected chi connectivity index (χ4v) is 4.40. The number of carbonyl (C=O) groups excluding carboxylic acids is 1. The SMILES string of the molecule is NC[C@H]1O[C@H](O[C@H]2[C@H](OCCCCCCNC(=O)CCC(=O)O)[C@@H](O)[C@H](N)C[C@@H]2N)[C@H](N)[C@@H](O)[C@@H]1O.O=C(O)C(F)(F)F.O=C(O)C(F)(F)F.O=C(O)C(F)(F)F.O=C(O)C(F)(F)F. The summed E-state index contributed by atoms with van der Waals surface area (Å²) in [5.74, 6) is -12.3. The van der Waals surface area contributed by atoms with Crippen molar-refractivity contribution >= 4 is 35.8 Å². The zero-order valence-corrected chi connectivity index (χ0v) is 32.4. The van der Waals surface area contributed by atoms with Crippen LogP contribution in [0.4, 0.5) is 52.7 Å². The Hall–Kier alpha value is -4.42. The molecule has 0 aromatic rings. The number of aliphatic hydroxyl groups excluding tert-OH is 3. The van der Waals surface area contributed by atoms with E-state index in [1.54, 1.807) is 0 Å². The van der Waals surface area contributed by atoms with Crippen LogP contribution in [0.25, 0.3) is 0 Å². The van der Waals surface area contributed by atoms with E-state index in [-0.39, 0.29) is 31.7 Å². The molecule has 0 aromatic heterocycles. The monoisotopic (exact) mass is 977 g/mol. The van der Waals surface area contributed by atoms with Crippen LogP contribution in [0.2, 0.25) is 0 Å². The van der Waals surface area contributed by atoms with E-state index in [0.717, 1.165) is 19.3 Å². The number of halogens is 12. The van der Waals surface area contributed by atoms with E-state index in [9.17, 15) is 77.6 Å². The Kier molecular flexibility index (Phi) is 29.1. The van der Waals surface area contributed by atoms with Gasteiger partial charge in [0.2, 0.25) is 5.91 Å². The third-order valence-electron chi connectivity index (χ3n) is 7.58. The highest BCUT2D eigenvalue weighted by molar-refractivity contribution is 5.80. The molecule has 1 saturated carbocycles. The van der Waals surface area contributed by atoms with Crippen LogP contribution in [-0.4, -0.2) is 182 Å². The van der Waals surface area contributed by atoms with Crippen molar-refractivity contribution in [3.05, 3.63) is 0 Å². The molecule has 2 aliphatic rings. The summed E-state index contributed by atoms with van der Waals surface area (Å²) in [5.41, 5.74) is 23.9. The standard InChI is InChI=1S/C22H43N5O9.4C2HF3O2/c23-10-13-18(32)19(33)16(26)22(35-13)36-20-12(25)9-11(24)17(31)21(20)34-8-4-2-1-3-7-27-14(28)5-6-15(29)30;4*3-2(4,5)1(6)7/h11-13,16-22,31-33H,1-10,23-26H2,(H,27,28)(H,29,30);4*(H,6,7)/t11-,12+,13-,16-,17+,18-,19-,20-,21-,22-;;;;/m1..../s1. The fourth-order valence-electron chi connectivity index (χ4n) is 4.40. The van der Waals surface area contributed by atoms with Crippen molar-refractivity contribution in [1.82, 2.24) is 5.32 Å². The van der Waals surface area contributed by atoms with Crippen molar-refractivity contribution in [3.63, 3.8) is 0 Å². The molecule has 17 N–H and O–H groups in total. The second-order valence-corrected chi connectivity index (χ2v) is 12.7. The molecular weight excluding hydrogens is 930 g/mol. The highest BCUT2D eigenvalue weighted by Gasteiger charge is 2.49. The maximum absolute atomic E-state index is 11.5. The normalized spacial score (nSPS) is 25.7. The van der Waals surface area contributed by atoms with Crippen LogP contribution >= 0.6 is 0 Å². The van der Waals surface area contributed by atoms with Crippen molar-refractivity contribution in [3.8, 4) is 0 Å². The molecule has 0 bridgehead atoms. The van der Waals surface area contributed by atoms with Crippen molar-refractivity contribution in [1.29, 1.82) is 0 Å². The van der Waals surface area contributed by atoms with Gasteiger partial charge in [0.1, 0.15) is 30.5 Å². The molecule has 1 amide bonds. The highest BCUT2D eigenvalue weighted by atomic mass is 19.4. The van der Waals surface area contributed by atoms with Crippen molar-refractivity contribution in [2.75, 3.05) is 19.7 Å². The fraction of sp³-hybridized carbons (Fsp3) is 0.800. The smallest absolute Gasteiger partial charge is 0.481 e. The Balaban J connectivity index is -0.00000106. The topological polar surface area (TPSA) is 408 Å². The lowest BCUT2D eigenvalue weighted by atomic mass is 9.84. The van der Waals surface area contributed by atoms with Gasteiger partial charge in [-0.1, -0.05) is 12.8 Å². The number of aliphatic carboxylic acids is 5. The number of nitrogens with two attached hydrogens (primary N) is 4. The molecule has 1 saturated heterocycles. The van der Waals surface area contributed by atoms with Gasteiger partial charge in [0.05, 0.1) is 18.6 Å². The molecular formula is C30H47F12N5O17. The first kappa shape index (κ1) is 63.9. The molecule has 378 valence electrons. The Morgan fingerprint density at radius 1 is 0.594 bits per heavy atom. The molecule has 0 radical (unpaired) electrons. The summed E-state index contributed by atoms with van der Waals surface area (Å²) in [6, 6.07) is -2.26. The Labute approximate surface area is 351 Å². The van der Waals surface area contributed by atoms with E-state index in [2.05, 4.69) is 5.32 Å². The van der Waals surface area contributed by atoms with Crippen LogP contribution in [0.5, 0.6) is 0 Å². The van der Waals surface area contributed by atoms with Gasteiger partial charge in [-0.2, -0.15) is 52.7 Å². The lowest BCUT2D eigenvalue weighted by Crippen LogP contribution is -2.67. The van der Waals surface area contributed by atoms with E-state index in [4.69, 9.17) is 81.9 Å². The predicted molar refractivity (Wildman–Crippen MR) is 182 cm³/mol. The first-order valence-corrected chi connectivity index (χ1v) is 17.5. The molecule has 2 fully saturated rings. The molecule has 34 heteroatoms. The first-order chi connectivity index (χ1) is 28.8. The summed E-state index contributed by atoms with van der Waals surface area (Å²) in [6.07, 6.45) is -24.5. The number of amides is 1. The second-order valence-electron chi connectivity index (χ2n) is 12.7. The number of nitrogens with one attached hydrogen (secondary N) is 1. The summed E-state index contributed by atoms with van der Waals surface area (Å²) >= 11 is 0. The number of ether oxygens (including phenoxy) is 3. The summed E-state index contributed by atoms with van der Waals surface area (Å²) in [6.45, 7) is 0.712. The molecule has 0 aromatic carbocycles. The minimum atomic E-state index is -5.08. The van der Waals surface area contributed by atoms with E-state index in [0.29, 0.717) is 19.6 Å². The van der Waals surface area contributed by atoms with Crippen LogP contribution in [0.1, 0.15) is 44.9 Å². The summed E-state index contributed by atoms with van der Waals surface area (Å²) < 4.78 is 145. The van der Waals surface area contributed by atoms with E-state index in [1.165, 1.54) is 0 Å². The Bertz CT molecular complexity index is 1350. The third-order valence-corrected chi connectivity index (χ3v) is 7.58. The number of carbonyl (C=O) groups is 6. The molecule has 1 heterocycles. The van der Waals surface area contributed by atoms with Crippen LogP contribution in [-0.2, 0) is 43.0 Å². The third kappa shape index (κ3) is 27.7. The predicted octanol–water partition coefficient (Wildman–Crippen LogP) is -1.02. The molecule has 22 nitrogen and oxygen atoms in total. The van der Waals surface area contributed by atoms with Crippen molar-refractivity contribution in [2.45, 2.75) is 131 Å². The summed E-state index contributed by atoms with van der Waals surface area (Å²) in [4.78, 5) is 57.6. The van der Waals surface area contributed by atoms with Crippen LogP contribution < -0.4 is 28.3 Å². The molecule has 1 aliphatic carbocycles. The van der Waals surface area contributed by atoms with Gasteiger partial charge in [-0.3, -0.25) is 9.59 Å².